The number of alkyl halides is 3. The first-order chi connectivity index (χ1) is 12.0. The number of rotatable bonds is 4. The second-order valence-corrected chi connectivity index (χ2v) is 8.03. The maximum Gasteiger partial charge on any atom is 0.416 e. The Labute approximate surface area is 164 Å². The molecule has 1 aromatic carbocycles. The summed E-state index contributed by atoms with van der Waals surface area (Å²) in [6, 6.07) is 4.65. The number of hydrogen-bond donors (Lipinski definition) is 2. The Balaban J connectivity index is 0.00000364. The van der Waals surface area contributed by atoms with Crippen molar-refractivity contribution < 1.29 is 22.7 Å². The summed E-state index contributed by atoms with van der Waals surface area (Å²) in [4.78, 5) is 12.4. The zero-order valence-corrected chi connectivity index (χ0v) is 16.7. The topological polar surface area (TPSA) is 64.4 Å². The van der Waals surface area contributed by atoms with Crippen LogP contribution in [-0.4, -0.2) is 31.7 Å². The molecule has 154 valence electrons. The van der Waals surface area contributed by atoms with Crippen molar-refractivity contribution in [2.75, 3.05) is 19.8 Å². The van der Waals surface area contributed by atoms with Crippen LogP contribution in [-0.2, 0) is 21.1 Å². The van der Waals surface area contributed by atoms with Gasteiger partial charge in [-0.05, 0) is 29.9 Å². The highest BCUT2D eigenvalue weighted by Gasteiger charge is 2.38. The Morgan fingerprint density at radius 1 is 1.26 bits per heavy atom. The van der Waals surface area contributed by atoms with E-state index in [-0.39, 0.29) is 24.9 Å². The first-order valence-electron chi connectivity index (χ1n) is 8.74. The normalized spacial score (nSPS) is 18.3. The molecule has 0 spiro atoms. The molecule has 1 fully saturated rings. The number of hydrogen-bond acceptors (Lipinski definition) is 3. The summed E-state index contributed by atoms with van der Waals surface area (Å²) in [7, 11) is 0. The maximum atomic E-state index is 13.1. The lowest BCUT2D eigenvalue weighted by atomic mass is 9.73. The summed E-state index contributed by atoms with van der Waals surface area (Å²) in [5.41, 5.74) is 4.89. The molecule has 3 N–H and O–H groups in total. The van der Waals surface area contributed by atoms with Gasteiger partial charge in [0.25, 0.3) is 0 Å². The van der Waals surface area contributed by atoms with Crippen molar-refractivity contribution in [2.24, 2.45) is 11.1 Å². The van der Waals surface area contributed by atoms with Crippen molar-refractivity contribution in [3.8, 4) is 0 Å². The Morgan fingerprint density at radius 2 is 1.85 bits per heavy atom. The van der Waals surface area contributed by atoms with Crippen LogP contribution in [0.15, 0.2) is 24.3 Å². The van der Waals surface area contributed by atoms with E-state index >= 15 is 0 Å². The highest BCUT2D eigenvalue weighted by Crippen LogP contribution is 2.38. The Kier molecular flexibility index (Phi) is 7.73. The molecule has 1 aliphatic heterocycles. The van der Waals surface area contributed by atoms with Gasteiger partial charge in [-0.25, -0.2) is 0 Å². The minimum atomic E-state index is -4.40. The largest absolute Gasteiger partial charge is 0.416 e. The smallest absolute Gasteiger partial charge is 0.381 e. The van der Waals surface area contributed by atoms with Crippen LogP contribution in [0.5, 0.6) is 0 Å². The van der Waals surface area contributed by atoms with Gasteiger partial charge >= 0.3 is 6.18 Å². The fourth-order valence-electron chi connectivity index (χ4n) is 3.11. The van der Waals surface area contributed by atoms with Gasteiger partial charge in [-0.1, -0.05) is 39.0 Å². The average Bonchev–Trinajstić information content (AvgIpc) is 2.58. The van der Waals surface area contributed by atoms with E-state index in [9.17, 15) is 18.0 Å². The molecule has 0 radical (unpaired) electrons. The fraction of sp³-hybridized carbons (Fsp3) is 0.632. The van der Waals surface area contributed by atoms with E-state index in [2.05, 4.69) is 5.32 Å². The van der Waals surface area contributed by atoms with Gasteiger partial charge in [0.1, 0.15) is 0 Å². The molecule has 0 unspecified atom stereocenters. The minimum absolute atomic E-state index is 0. The van der Waals surface area contributed by atoms with Crippen molar-refractivity contribution in [2.45, 2.75) is 51.2 Å². The van der Waals surface area contributed by atoms with E-state index in [1.165, 1.54) is 12.1 Å². The molecule has 4 nitrogen and oxygen atoms in total. The molecule has 1 aromatic rings. The Morgan fingerprint density at radius 3 is 2.37 bits per heavy atom. The van der Waals surface area contributed by atoms with Crippen LogP contribution in [0.4, 0.5) is 13.2 Å². The average molecular weight is 409 g/mol. The molecule has 0 aromatic heterocycles. The van der Waals surface area contributed by atoms with Gasteiger partial charge in [0.05, 0.1) is 11.6 Å². The van der Waals surface area contributed by atoms with Gasteiger partial charge in [0.15, 0.2) is 0 Å². The molecule has 8 heteroatoms. The summed E-state index contributed by atoms with van der Waals surface area (Å²) in [6.07, 6.45) is -3.32. The van der Waals surface area contributed by atoms with Gasteiger partial charge in [-0.15, -0.1) is 12.4 Å². The standard InChI is InChI=1S/C19H27F3N2O2.ClH/c1-17(2,3)15(23)16(25)24-12-18(7-9-26-10-8-18)13-5-4-6-14(11-13)19(20,21)22;/h4-6,11,15H,7-10,12,23H2,1-3H3,(H,24,25);1H/t15-;/m1./s1. The zero-order valence-electron chi connectivity index (χ0n) is 15.9. The van der Waals surface area contributed by atoms with Crippen LogP contribution >= 0.6 is 12.4 Å². The van der Waals surface area contributed by atoms with Crippen molar-refractivity contribution >= 4 is 18.3 Å². The van der Waals surface area contributed by atoms with Crippen molar-refractivity contribution in [1.29, 1.82) is 0 Å². The number of ether oxygens (including phenoxy) is 1. The molecule has 2 rings (SSSR count). The first kappa shape index (κ1) is 23.7. The minimum Gasteiger partial charge on any atom is -0.381 e. The predicted octanol–water partition coefficient (Wildman–Crippen LogP) is 3.67. The fourth-order valence-corrected chi connectivity index (χ4v) is 3.11. The molecule has 0 saturated carbocycles. The summed E-state index contributed by atoms with van der Waals surface area (Å²) < 4.78 is 44.7. The summed E-state index contributed by atoms with van der Waals surface area (Å²) in [6.45, 7) is 6.73. The van der Waals surface area contributed by atoms with Gasteiger partial charge in [-0.3, -0.25) is 4.79 Å². The van der Waals surface area contributed by atoms with E-state index in [4.69, 9.17) is 10.5 Å². The molecular formula is C19H28ClF3N2O2. The van der Waals surface area contributed by atoms with E-state index < -0.39 is 28.6 Å². The summed E-state index contributed by atoms with van der Waals surface area (Å²) in [5.74, 6) is -0.296. The van der Waals surface area contributed by atoms with Crippen LogP contribution in [0.2, 0.25) is 0 Å². The van der Waals surface area contributed by atoms with Crippen LogP contribution in [0.25, 0.3) is 0 Å². The number of benzene rings is 1. The number of halogens is 4. The quantitative estimate of drug-likeness (QED) is 0.799. The number of nitrogens with two attached hydrogens (primary N) is 1. The molecule has 27 heavy (non-hydrogen) atoms. The van der Waals surface area contributed by atoms with Gasteiger partial charge in [-0.2, -0.15) is 13.2 Å². The molecule has 1 saturated heterocycles. The number of carbonyl (C=O) groups excluding carboxylic acids is 1. The molecular weight excluding hydrogens is 381 g/mol. The van der Waals surface area contributed by atoms with Gasteiger partial charge in [0.2, 0.25) is 5.91 Å². The van der Waals surface area contributed by atoms with Crippen LogP contribution < -0.4 is 11.1 Å². The molecule has 1 amide bonds. The van der Waals surface area contributed by atoms with Crippen molar-refractivity contribution in [3.05, 3.63) is 35.4 Å². The predicted molar refractivity (Wildman–Crippen MR) is 101 cm³/mol. The molecule has 1 heterocycles. The highest BCUT2D eigenvalue weighted by atomic mass is 35.5. The van der Waals surface area contributed by atoms with Gasteiger partial charge < -0.3 is 15.8 Å². The van der Waals surface area contributed by atoms with E-state index in [0.29, 0.717) is 31.6 Å². The number of amides is 1. The summed E-state index contributed by atoms with van der Waals surface area (Å²) >= 11 is 0. The lowest BCUT2D eigenvalue weighted by molar-refractivity contribution is -0.137. The first-order valence-corrected chi connectivity index (χ1v) is 8.74. The Bertz CT molecular complexity index is 639. The van der Waals surface area contributed by atoms with Crippen molar-refractivity contribution in [3.63, 3.8) is 0 Å². The number of nitrogens with one attached hydrogen (secondary N) is 1. The number of carbonyl (C=O) groups is 1. The lowest BCUT2D eigenvalue weighted by Crippen LogP contribution is -2.52. The lowest BCUT2D eigenvalue weighted by Gasteiger charge is -2.39. The van der Waals surface area contributed by atoms with Crippen LogP contribution in [0.3, 0.4) is 0 Å². The third-order valence-electron chi connectivity index (χ3n) is 5.07. The molecule has 1 atom stereocenters. The van der Waals surface area contributed by atoms with E-state index in [1.54, 1.807) is 6.07 Å². The Hall–Kier alpha value is -1.31. The second kappa shape index (κ2) is 8.80. The summed E-state index contributed by atoms with van der Waals surface area (Å²) in [5, 5.41) is 2.86. The van der Waals surface area contributed by atoms with E-state index in [1.807, 2.05) is 20.8 Å². The zero-order chi connectivity index (χ0) is 19.6. The molecule has 1 aliphatic rings. The van der Waals surface area contributed by atoms with Crippen molar-refractivity contribution in [1.82, 2.24) is 5.32 Å². The van der Waals surface area contributed by atoms with Gasteiger partial charge in [0, 0.05) is 25.2 Å². The SMILES string of the molecule is CC(C)(C)[C@H](N)C(=O)NCC1(c2cccc(C(F)(F)F)c2)CCOCC1.Cl. The van der Waals surface area contributed by atoms with E-state index in [0.717, 1.165) is 6.07 Å². The third kappa shape index (κ3) is 5.83. The second-order valence-electron chi connectivity index (χ2n) is 8.03. The maximum absolute atomic E-state index is 13.1. The highest BCUT2D eigenvalue weighted by molar-refractivity contribution is 5.85. The molecule has 0 aliphatic carbocycles. The van der Waals surface area contributed by atoms with Crippen LogP contribution in [0, 0.1) is 5.41 Å². The monoisotopic (exact) mass is 408 g/mol. The van der Waals surface area contributed by atoms with Crippen LogP contribution in [0.1, 0.15) is 44.7 Å². The third-order valence-corrected chi connectivity index (χ3v) is 5.07. The molecule has 0 bridgehead atoms.